The SMILES string of the molecule is CCCNC1CCN(C(C)C(C)O)c2ccccc21. The quantitative estimate of drug-likeness (QED) is 0.856. The number of aliphatic hydroxyl groups excluding tert-OH is 1. The summed E-state index contributed by atoms with van der Waals surface area (Å²) in [5.41, 5.74) is 2.64. The highest BCUT2D eigenvalue weighted by molar-refractivity contribution is 5.57. The van der Waals surface area contributed by atoms with Gasteiger partial charge in [0.1, 0.15) is 0 Å². The van der Waals surface area contributed by atoms with Crippen molar-refractivity contribution < 1.29 is 5.11 Å². The van der Waals surface area contributed by atoms with Gasteiger partial charge >= 0.3 is 0 Å². The molecule has 0 bridgehead atoms. The van der Waals surface area contributed by atoms with Gasteiger partial charge < -0.3 is 15.3 Å². The third-order valence-corrected chi connectivity index (χ3v) is 4.11. The molecule has 3 nitrogen and oxygen atoms in total. The van der Waals surface area contributed by atoms with Crippen LogP contribution in [0, 0.1) is 0 Å². The molecule has 19 heavy (non-hydrogen) atoms. The van der Waals surface area contributed by atoms with Crippen LogP contribution >= 0.6 is 0 Å². The summed E-state index contributed by atoms with van der Waals surface area (Å²) < 4.78 is 0. The topological polar surface area (TPSA) is 35.5 Å². The van der Waals surface area contributed by atoms with Gasteiger partial charge in [0, 0.05) is 18.3 Å². The highest BCUT2D eigenvalue weighted by atomic mass is 16.3. The molecule has 1 aromatic rings. The van der Waals surface area contributed by atoms with Gasteiger partial charge in [-0.15, -0.1) is 0 Å². The van der Waals surface area contributed by atoms with Gasteiger partial charge in [-0.05, 0) is 44.9 Å². The smallest absolute Gasteiger partial charge is 0.0712 e. The molecule has 0 amide bonds. The lowest BCUT2D eigenvalue weighted by Crippen LogP contribution is -2.45. The van der Waals surface area contributed by atoms with E-state index in [0.717, 1.165) is 25.9 Å². The van der Waals surface area contributed by atoms with E-state index in [-0.39, 0.29) is 12.1 Å². The Morgan fingerprint density at radius 3 is 2.79 bits per heavy atom. The average molecular weight is 262 g/mol. The number of nitrogens with zero attached hydrogens (tertiary/aromatic N) is 1. The Hall–Kier alpha value is -1.06. The molecule has 3 unspecified atom stereocenters. The van der Waals surface area contributed by atoms with Crippen molar-refractivity contribution in [2.75, 3.05) is 18.0 Å². The Labute approximate surface area is 116 Å². The lowest BCUT2D eigenvalue weighted by atomic mass is 9.94. The molecule has 0 aliphatic carbocycles. The molecule has 0 radical (unpaired) electrons. The number of benzene rings is 1. The molecule has 1 aliphatic rings. The molecule has 0 saturated carbocycles. The van der Waals surface area contributed by atoms with E-state index in [1.54, 1.807) is 0 Å². The summed E-state index contributed by atoms with van der Waals surface area (Å²) in [7, 11) is 0. The number of fused-ring (bicyclic) bond motifs is 1. The van der Waals surface area contributed by atoms with E-state index in [1.807, 2.05) is 6.92 Å². The van der Waals surface area contributed by atoms with Gasteiger partial charge in [-0.1, -0.05) is 25.1 Å². The van der Waals surface area contributed by atoms with Crippen molar-refractivity contribution in [2.45, 2.75) is 51.8 Å². The standard InChI is InChI=1S/C16H26N2O/c1-4-10-17-15-9-11-18(12(2)13(3)19)16-8-6-5-7-14(15)16/h5-8,12-13,15,17,19H,4,9-11H2,1-3H3. The van der Waals surface area contributed by atoms with Crippen LogP contribution in [0.15, 0.2) is 24.3 Å². The van der Waals surface area contributed by atoms with Crippen molar-refractivity contribution in [3.05, 3.63) is 29.8 Å². The number of hydrogen-bond donors (Lipinski definition) is 2. The molecule has 1 heterocycles. The first kappa shape index (κ1) is 14.4. The van der Waals surface area contributed by atoms with Gasteiger partial charge in [0.2, 0.25) is 0 Å². The second-order valence-electron chi connectivity index (χ2n) is 5.53. The van der Waals surface area contributed by atoms with E-state index < -0.39 is 0 Å². The summed E-state index contributed by atoms with van der Waals surface area (Å²) in [5.74, 6) is 0. The number of nitrogens with one attached hydrogen (secondary N) is 1. The first-order valence-electron chi connectivity index (χ1n) is 7.42. The first-order chi connectivity index (χ1) is 9.15. The summed E-state index contributed by atoms with van der Waals surface area (Å²) in [4.78, 5) is 2.34. The Bertz CT molecular complexity index is 405. The van der Waals surface area contributed by atoms with Crippen molar-refractivity contribution >= 4 is 5.69 Å². The van der Waals surface area contributed by atoms with E-state index in [4.69, 9.17) is 0 Å². The van der Waals surface area contributed by atoms with E-state index in [0.29, 0.717) is 6.04 Å². The van der Waals surface area contributed by atoms with Crippen LogP contribution in [0.3, 0.4) is 0 Å². The minimum absolute atomic E-state index is 0.160. The monoisotopic (exact) mass is 262 g/mol. The second-order valence-corrected chi connectivity index (χ2v) is 5.53. The van der Waals surface area contributed by atoms with Gasteiger partial charge in [-0.2, -0.15) is 0 Å². The van der Waals surface area contributed by atoms with Gasteiger partial charge in [-0.3, -0.25) is 0 Å². The molecule has 106 valence electrons. The zero-order chi connectivity index (χ0) is 13.8. The molecule has 0 spiro atoms. The van der Waals surface area contributed by atoms with Gasteiger partial charge in [0.05, 0.1) is 12.1 Å². The van der Waals surface area contributed by atoms with Gasteiger partial charge in [0.15, 0.2) is 0 Å². The maximum absolute atomic E-state index is 9.85. The molecule has 1 aromatic carbocycles. The van der Waals surface area contributed by atoms with Crippen LogP contribution in [-0.2, 0) is 0 Å². The van der Waals surface area contributed by atoms with E-state index in [9.17, 15) is 5.11 Å². The van der Waals surface area contributed by atoms with E-state index >= 15 is 0 Å². The third-order valence-electron chi connectivity index (χ3n) is 4.11. The lowest BCUT2D eigenvalue weighted by Gasteiger charge is -2.40. The first-order valence-corrected chi connectivity index (χ1v) is 7.42. The van der Waals surface area contributed by atoms with Crippen LogP contribution < -0.4 is 10.2 Å². The van der Waals surface area contributed by atoms with E-state index in [1.165, 1.54) is 11.3 Å². The number of para-hydroxylation sites is 1. The Morgan fingerprint density at radius 2 is 2.11 bits per heavy atom. The fourth-order valence-electron chi connectivity index (χ4n) is 2.80. The molecule has 0 aromatic heterocycles. The summed E-state index contributed by atoms with van der Waals surface area (Å²) >= 11 is 0. The van der Waals surface area contributed by atoms with Crippen molar-refractivity contribution in [3.8, 4) is 0 Å². The second kappa shape index (κ2) is 6.40. The van der Waals surface area contributed by atoms with Crippen LogP contribution in [-0.4, -0.2) is 30.3 Å². The normalized spacial score (nSPS) is 21.9. The van der Waals surface area contributed by atoms with Crippen molar-refractivity contribution in [2.24, 2.45) is 0 Å². The Morgan fingerprint density at radius 1 is 1.37 bits per heavy atom. The predicted octanol–water partition coefficient (Wildman–Crippen LogP) is 2.71. The maximum atomic E-state index is 9.85. The van der Waals surface area contributed by atoms with Gasteiger partial charge in [-0.25, -0.2) is 0 Å². The Balaban J connectivity index is 2.24. The molecule has 2 N–H and O–H groups in total. The number of aliphatic hydroxyl groups is 1. The summed E-state index contributed by atoms with van der Waals surface area (Å²) in [5, 5.41) is 13.5. The minimum atomic E-state index is -0.312. The fraction of sp³-hybridized carbons (Fsp3) is 0.625. The lowest BCUT2D eigenvalue weighted by molar-refractivity contribution is 0.164. The highest BCUT2D eigenvalue weighted by Gasteiger charge is 2.28. The molecule has 0 saturated heterocycles. The zero-order valence-electron chi connectivity index (χ0n) is 12.3. The maximum Gasteiger partial charge on any atom is 0.0712 e. The third kappa shape index (κ3) is 3.10. The molecular formula is C16H26N2O. The fourth-order valence-corrected chi connectivity index (χ4v) is 2.80. The number of rotatable bonds is 5. The molecule has 2 rings (SSSR count). The van der Waals surface area contributed by atoms with Crippen molar-refractivity contribution in [1.29, 1.82) is 0 Å². The number of hydrogen-bond acceptors (Lipinski definition) is 3. The molecule has 1 aliphatic heterocycles. The Kier molecular flexibility index (Phi) is 4.83. The largest absolute Gasteiger partial charge is 0.391 e. The van der Waals surface area contributed by atoms with E-state index in [2.05, 4.69) is 48.3 Å². The zero-order valence-corrected chi connectivity index (χ0v) is 12.3. The van der Waals surface area contributed by atoms with Crippen molar-refractivity contribution in [3.63, 3.8) is 0 Å². The predicted molar refractivity (Wildman–Crippen MR) is 80.6 cm³/mol. The molecule has 0 fully saturated rings. The minimum Gasteiger partial charge on any atom is -0.391 e. The summed E-state index contributed by atoms with van der Waals surface area (Å²) in [6.45, 7) is 8.23. The van der Waals surface area contributed by atoms with Crippen molar-refractivity contribution in [1.82, 2.24) is 5.32 Å². The van der Waals surface area contributed by atoms with Crippen LogP contribution in [0.25, 0.3) is 0 Å². The van der Waals surface area contributed by atoms with Crippen LogP contribution in [0.1, 0.15) is 45.2 Å². The highest BCUT2D eigenvalue weighted by Crippen LogP contribution is 2.35. The molecular weight excluding hydrogens is 236 g/mol. The van der Waals surface area contributed by atoms with Gasteiger partial charge in [0.25, 0.3) is 0 Å². The van der Waals surface area contributed by atoms with Crippen LogP contribution in [0.5, 0.6) is 0 Å². The molecule has 3 heteroatoms. The van der Waals surface area contributed by atoms with Crippen LogP contribution in [0.2, 0.25) is 0 Å². The summed E-state index contributed by atoms with van der Waals surface area (Å²) in [6.07, 6.45) is 1.95. The summed E-state index contributed by atoms with van der Waals surface area (Å²) in [6, 6.07) is 9.19. The number of anilines is 1. The van der Waals surface area contributed by atoms with Crippen LogP contribution in [0.4, 0.5) is 5.69 Å². The molecule has 3 atom stereocenters. The average Bonchev–Trinajstić information content (AvgIpc) is 2.43.